The summed E-state index contributed by atoms with van der Waals surface area (Å²) in [5.74, 6) is 0. The summed E-state index contributed by atoms with van der Waals surface area (Å²) in [4.78, 5) is 16.7. The van der Waals surface area contributed by atoms with Crippen molar-refractivity contribution in [3.63, 3.8) is 0 Å². The third kappa shape index (κ3) is 3.96. The monoisotopic (exact) mass is 368 g/mol. The predicted octanol–water partition coefficient (Wildman–Crippen LogP) is 5.18. The summed E-state index contributed by atoms with van der Waals surface area (Å²) < 4.78 is 0.976. The van der Waals surface area contributed by atoms with Crippen LogP contribution in [0.2, 0.25) is 0 Å². The Morgan fingerprint density at radius 2 is 1.74 bits per heavy atom. The van der Waals surface area contributed by atoms with Crippen molar-refractivity contribution < 1.29 is 9.63 Å². The van der Waals surface area contributed by atoms with Crippen molar-refractivity contribution in [1.82, 2.24) is 0 Å². The molecule has 0 fully saturated rings. The molecule has 3 aromatic carbocycles. The number of halogens is 1. The second-order valence-corrected chi connectivity index (χ2v) is 5.73. The molecule has 0 radical (unpaired) electrons. The lowest BCUT2D eigenvalue weighted by Crippen LogP contribution is -2.11. The number of rotatable bonds is 3. The first-order chi connectivity index (χ1) is 11.2. The van der Waals surface area contributed by atoms with Gasteiger partial charge in [0, 0.05) is 9.86 Å². The molecule has 23 heavy (non-hydrogen) atoms. The fourth-order valence-corrected chi connectivity index (χ4v) is 2.42. The van der Waals surface area contributed by atoms with Gasteiger partial charge in [-0.2, -0.15) is 0 Å². The maximum absolute atomic E-state index is 11.8. The van der Waals surface area contributed by atoms with Crippen LogP contribution in [0, 0.1) is 0 Å². The second kappa shape index (κ2) is 7.07. The second-order valence-electron chi connectivity index (χ2n) is 4.82. The Morgan fingerprint density at radius 3 is 2.57 bits per heavy atom. The van der Waals surface area contributed by atoms with E-state index in [2.05, 4.69) is 26.4 Å². The van der Waals surface area contributed by atoms with E-state index in [1.165, 1.54) is 6.21 Å². The quantitative estimate of drug-likeness (QED) is 0.393. The lowest BCUT2D eigenvalue weighted by atomic mass is 10.1. The largest absolute Gasteiger partial charge is 0.437 e. The molecule has 1 N–H and O–H groups in total. The molecule has 114 valence electrons. The van der Waals surface area contributed by atoms with Crippen LogP contribution in [0.25, 0.3) is 10.8 Å². The summed E-state index contributed by atoms with van der Waals surface area (Å²) in [5, 5.41) is 8.39. The summed E-state index contributed by atoms with van der Waals surface area (Å²) in [5.41, 5.74) is 1.53. The minimum absolute atomic E-state index is 0.630. The van der Waals surface area contributed by atoms with E-state index in [0.29, 0.717) is 5.69 Å². The molecule has 0 saturated carbocycles. The van der Waals surface area contributed by atoms with Crippen molar-refractivity contribution in [2.45, 2.75) is 0 Å². The number of carbonyl (C=O) groups is 1. The third-order valence-corrected chi connectivity index (χ3v) is 3.76. The van der Waals surface area contributed by atoms with Crippen molar-refractivity contribution in [2.75, 3.05) is 5.32 Å². The van der Waals surface area contributed by atoms with Crippen LogP contribution in [0.1, 0.15) is 5.56 Å². The van der Waals surface area contributed by atoms with Crippen molar-refractivity contribution in [3.8, 4) is 0 Å². The fraction of sp³-hybridized carbons (Fsp3) is 0. The minimum atomic E-state index is -0.630. The van der Waals surface area contributed by atoms with Gasteiger partial charge in [0.05, 0.1) is 11.9 Å². The molecule has 0 spiro atoms. The van der Waals surface area contributed by atoms with Crippen molar-refractivity contribution in [2.24, 2.45) is 5.16 Å². The molecular formula is C18H13BrN2O2. The first-order valence-electron chi connectivity index (χ1n) is 6.97. The van der Waals surface area contributed by atoms with Crippen LogP contribution in [-0.4, -0.2) is 12.3 Å². The lowest BCUT2D eigenvalue weighted by molar-refractivity contribution is 0.167. The average Bonchev–Trinajstić information content (AvgIpc) is 2.57. The normalized spacial score (nSPS) is 10.8. The average molecular weight is 369 g/mol. The number of oxime groups is 1. The van der Waals surface area contributed by atoms with Crippen molar-refractivity contribution in [3.05, 3.63) is 76.8 Å². The zero-order valence-electron chi connectivity index (χ0n) is 12.1. The van der Waals surface area contributed by atoms with E-state index >= 15 is 0 Å². The van der Waals surface area contributed by atoms with Crippen LogP contribution in [0.15, 0.2) is 76.4 Å². The van der Waals surface area contributed by atoms with E-state index in [9.17, 15) is 4.79 Å². The summed E-state index contributed by atoms with van der Waals surface area (Å²) in [7, 11) is 0. The zero-order chi connectivity index (χ0) is 16.1. The molecule has 0 saturated heterocycles. The Bertz CT molecular complexity index is 855. The molecule has 0 aliphatic rings. The molecular weight excluding hydrogens is 356 g/mol. The Morgan fingerprint density at radius 1 is 1.00 bits per heavy atom. The number of hydrogen-bond donors (Lipinski definition) is 1. The summed E-state index contributed by atoms with van der Waals surface area (Å²) in [6, 6.07) is 21.0. The van der Waals surface area contributed by atoms with Crippen molar-refractivity contribution >= 4 is 44.7 Å². The standard InChI is InChI=1S/C18H13BrN2O2/c19-15-10-8-13(9-11-15)12-20-23-18(22)21-17-7-3-5-14-4-1-2-6-16(14)17/h1-12H,(H,21,22)/b20-12-. The number of carbonyl (C=O) groups excluding carboxylic acids is 1. The van der Waals surface area contributed by atoms with Crippen LogP contribution in [-0.2, 0) is 4.84 Å². The van der Waals surface area contributed by atoms with Gasteiger partial charge in [0.2, 0.25) is 0 Å². The molecule has 3 rings (SSSR count). The number of fused-ring (bicyclic) bond motifs is 1. The molecule has 0 aliphatic carbocycles. The Kier molecular flexibility index (Phi) is 4.68. The minimum Gasteiger partial charge on any atom is -0.298 e. The SMILES string of the molecule is O=C(Nc1cccc2ccccc12)O/N=C\c1ccc(Br)cc1. The number of amides is 1. The van der Waals surface area contributed by atoms with E-state index in [-0.39, 0.29) is 0 Å². The highest BCUT2D eigenvalue weighted by molar-refractivity contribution is 9.10. The van der Waals surface area contributed by atoms with Gasteiger partial charge in [0.1, 0.15) is 0 Å². The van der Waals surface area contributed by atoms with E-state index in [1.54, 1.807) is 0 Å². The molecule has 0 unspecified atom stereocenters. The maximum Gasteiger partial charge on any atom is 0.437 e. The highest BCUT2D eigenvalue weighted by atomic mass is 79.9. The molecule has 5 heteroatoms. The highest BCUT2D eigenvalue weighted by Gasteiger charge is 2.05. The van der Waals surface area contributed by atoms with E-state index in [0.717, 1.165) is 20.8 Å². The first kappa shape index (κ1) is 15.2. The molecule has 0 atom stereocenters. The van der Waals surface area contributed by atoms with E-state index in [1.807, 2.05) is 66.7 Å². The van der Waals surface area contributed by atoms with Crippen LogP contribution < -0.4 is 5.32 Å². The molecule has 4 nitrogen and oxygen atoms in total. The molecule has 0 aliphatic heterocycles. The van der Waals surface area contributed by atoms with Crippen LogP contribution in [0.5, 0.6) is 0 Å². The lowest BCUT2D eigenvalue weighted by Gasteiger charge is -2.06. The smallest absolute Gasteiger partial charge is 0.298 e. The van der Waals surface area contributed by atoms with Gasteiger partial charge >= 0.3 is 6.09 Å². The van der Waals surface area contributed by atoms with Crippen LogP contribution in [0.3, 0.4) is 0 Å². The van der Waals surface area contributed by atoms with Crippen LogP contribution >= 0.6 is 15.9 Å². The molecule has 1 amide bonds. The summed E-state index contributed by atoms with van der Waals surface area (Å²) >= 11 is 3.35. The molecule has 3 aromatic rings. The third-order valence-electron chi connectivity index (χ3n) is 3.23. The Balaban J connectivity index is 1.66. The number of anilines is 1. The van der Waals surface area contributed by atoms with Gasteiger partial charge in [0.25, 0.3) is 0 Å². The summed E-state index contributed by atoms with van der Waals surface area (Å²) in [6.07, 6.45) is 0.851. The number of benzene rings is 3. The molecule has 0 bridgehead atoms. The zero-order valence-corrected chi connectivity index (χ0v) is 13.7. The summed E-state index contributed by atoms with van der Waals surface area (Å²) in [6.45, 7) is 0. The van der Waals surface area contributed by atoms with Gasteiger partial charge in [0.15, 0.2) is 0 Å². The van der Waals surface area contributed by atoms with Gasteiger partial charge in [-0.1, -0.05) is 69.6 Å². The van der Waals surface area contributed by atoms with Crippen molar-refractivity contribution in [1.29, 1.82) is 0 Å². The van der Waals surface area contributed by atoms with Gasteiger partial charge in [-0.3, -0.25) is 10.2 Å². The van der Waals surface area contributed by atoms with E-state index < -0.39 is 6.09 Å². The topological polar surface area (TPSA) is 50.7 Å². The van der Waals surface area contributed by atoms with Gasteiger partial charge in [-0.05, 0) is 29.1 Å². The Hall–Kier alpha value is -2.66. The highest BCUT2D eigenvalue weighted by Crippen LogP contribution is 2.22. The molecule has 0 heterocycles. The fourth-order valence-electron chi connectivity index (χ4n) is 2.15. The first-order valence-corrected chi connectivity index (χ1v) is 7.76. The van der Waals surface area contributed by atoms with Gasteiger partial charge in [-0.15, -0.1) is 0 Å². The van der Waals surface area contributed by atoms with E-state index in [4.69, 9.17) is 4.84 Å². The number of nitrogens with one attached hydrogen (secondary N) is 1. The number of hydrogen-bond acceptors (Lipinski definition) is 3. The van der Waals surface area contributed by atoms with Crippen LogP contribution in [0.4, 0.5) is 10.5 Å². The predicted molar refractivity (Wildman–Crippen MR) is 95.8 cm³/mol. The number of nitrogens with zero attached hydrogens (tertiary/aromatic N) is 1. The van der Waals surface area contributed by atoms with Gasteiger partial charge in [-0.25, -0.2) is 4.79 Å². The molecule has 0 aromatic heterocycles. The van der Waals surface area contributed by atoms with Gasteiger partial charge < -0.3 is 0 Å². The Labute approximate surface area is 141 Å². The maximum atomic E-state index is 11.8.